The van der Waals surface area contributed by atoms with E-state index in [9.17, 15) is 4.79 Å². The minimum Gasteiger partial charge on any atom is -0.342 e. The molecular weight excluding hydrogens is 398 g/mol. The predicted octanol–water partition coefficient (Wildman–Crippen LogP) is 3.91. The number of carbonyl (C=O) groups excluding carboxylic acids is 1. The molecule has 1 N–H and O–H groups in total. The summed E-state index contributed by atoms with van der Waals surface area (Å²) in [6, 6.07) is 6.42. The van der Waals surface area contributed by atoms with Crippen LogP contribution in [0.5, 0.6) is 0 Å². The summed E-state index contributed by atoms with van der Waals surface area (Å²) >= 11 is 6.09. The summed E-state index contributed by atoms with van der Waals surface area (Å²) in [5.74, 6) is 1.43. The van der Waals surface area contributed by atoms with E-state index in [0.29, 0.717) is 17.0 Å². The van der Waals surface area contributed by atoms with Crippen molar-refractivity contribution in [2.75, 3.05) is 44.2 Å². The minimum atomic E-state index is 0.159. The van der Waals surface area contributed by atoms with Gasteiger partial charge in [-0.25, -0.2) is 4.98 Å². The second-order valence-electron chi connectivity index (χ2n) is 9.14. The van der Waals surface area contributed by atoms with Crippen LogP contribution in [0.2, 0.25) is 5.02 Å². The topological polar surface area (TPSA) is 55.5 Å². The van der Waals surface area contributed by atoms with Crippen molar-refractivity contribution < 1.29 is 4.79 Å². The van der Waals surface area contributed by atoms with Gasteiger partial charge in [0.15, 0.2) is 0 Å². The van der Waals surface area contributed by atoms with Crippen molar-refractivity contribution in [2.24, 2.45) is 5.92 Å². The number of anilines is 1. The van der Waals surface area contributed by atoms with E-state index in [2.05, 4.69) is 19.7 Å². The van der Waals surface area contributed by atoms with Crippen molar-refractivity contribution >= 4 is 34.5 Å². The Balaban J connectivity index is 1.13. The van der Waals surface area contributed by atoms with Gasteiger partial charge in [0.25, 0.3) is 0 Å². The third-order valence-corrected chi connectivity index (χ3v) is 7.49. The molecule has 2 aromatic rings. The molecule has 6 nitrogen and oxygen atoms in total. The van der Waals surface area contributed by atoms with Gasteiger partial charge in [0.05, 0.1) is 11.0 Å². The van der Waals surface area contributed by atoms with Crippen molar-refractivity contribution in [3.05, 3.63) is 23.2 Å². The summed E-state index contributed by atoms with van der Waals surface area (Å²) < 4.78 is 0. The van der Waals surface area contributed by atoms with E-state index in [1.54, 1.807) is 0 Å². The molecule has 3 fully saturated rings. The molecule has 1 amide bonds. The Hall–Kier alpha value is -1.79. The van der Waals surface area contributed by atoms with Crippen molar-refractivity contribution in [3.8, 4) is 0 Å². The SMILES string of the molecule is O=C(C1CCN(c2nc3ccc(Cl)cc3[nH]2)CC1)N1CCC(N2CCCCC2)CC1. The number of aromatic nitrogens is 2. The summed E-state index contributed by atoms with van der Waals surface area (Å²) in [7, 11) is 0. The van der Waals surface area contributed by atoms with Gasteiger partial charge in [-0.2, -0.15) is 0 Å². The number of hydrogen-bond donors (Lipinski definition) is 1. The fourth-order valence-electron chi connectivity index (χ4n) is 5.45. The highest BCUT2D eigenvalue weighted by Crippen LogP contribution is 2.28. The molecule has 0 saturated carbocycles. The van der Waals surface area contributed by atoms with Gasteiger partial charge < -0.3 is 19.7 Å². The molecule has 4 heterocycles. The number of rotatable bonds is 3. The number of H-pyrrole nitrogens is 1. The number of piperidine rings is 3. The maximum atomic E-state index is 13.1. The summed E-state index contributed by atoms with van der Waals surface area (Å²) in [5, 5.41) is 0.714. The zero-order valence-corrected chi connectivity index (χ0v) is 18.4. The summed E-state index contributed by atoms with van der Waals surface area (Å²) in [5.41, 5.74) is 1.90. The zero-order valence-electron chi connectivity index (χ0n) is 17.7. The van der Waals surface area contributed by atoms with Gasteiger partial charge in [-0.1, -0.05) is 18.0 Å². The van der Waals surface area contributed by atoms with Crippen LogP contribution in [-0.4, -0.2) is 71.0 Å². The van der Waals surface area contributed by atoms with E-state index < -0.39 is 0 Å². The average molecular weight is 430 g/mol. The van der Waals surface area contributed by atoms with Crippen LogP contribution in [0.1, 0.15) is 44.9 Å². The van der Waals surface area contributed by atoms with Crippen LogP contribution in [0, 0.1) is 5.92 Å². The lowest BCUT2D eigenvalue weighted by Gasteiger charge is -2.41. The molecule has 0 radical (unpaired) electrons. The van der Waals surface area contributed by atoms with Crippen molar-refractivity contribution in [2.45, 2.75) is 51.0 Å². The Morgan fingerprint density at radius 2 is 1.70 bits per heavy atom. The maximum Gasteiger partial charge on any atom is 0.225 e. The number of carbonyl (C=O) groups is 1. The standard InChI is InChI=1S/C23H32ClN5O/c24-18-4-5-20-21(16-18)26-23(25-20)29-12-6-17(7-13-29)22(30)28-14-8-19(9-15-28)27-10-2-1-3-11-27/h4-5,16-17,19H,1-3,6-15H2,(H,25,26). The minimum absolute atomic E-state index is 0.159. The number of amides is 1. The van der Waals surface area contributed by atoms with Gasteiger partial charge in [0, 0.05) is 43.2 Å². The quantitative estimate of drug-likeness (QED) is 0.803. The lowest BCUT2D eigenvalue weighted by molar-refractivity contribution is -0.137. The van der Waals surface area contributed by atoms with Gasteiger partial charge in [0.1, 0.15) is 0 Å². The molecule has 3 aliphatic heterocycles. The molecule has 5 rings (SSSR count). The van der Waals surface area contributed by atoms with Gasteiger partial charge in [0.2, 0.25) is 11.9 Å². The third kappa shape index (κ3) is 4.17. The molecule has 162 valence electrons. The highest BCUT2D eigenvalue weighted by Gasteiger charge is 2.33. The maximum absolute atomic E-state index is 13.1. The van der Waals surface area contributed by atoms with E-state index in [0.717, 1.165) is 68.8 Å². The van der Waals surface area contributed by atoms with Crippen LogP contribution in [0.25, 0.3) is 11.0 Å². The van der Waals surface area contributed by atoms with Crippen LogP contribution in [0.3, 0.4) is 0 Å². The van der Waals surface area contributed by atoms with Gasteiger partial charge in [-0.15, -0.1) is 0 Å². The lowest BCUT2D eigenvalue weighted by Crippen LogP contribution is -2.50. The molecule has 0 atom stereocenters. The van der Waals surface area contributed by atoms with Crippen LogP contribution >= 0.6 is 11.6 Å². The van der Waals surface area contributed by atoms with Gasteiger partial charge in [-0.05, 0) is 69.8 Å². The second kappa shape index (κ2) is 8.75. The molecule has 0 spiro atoms. The Bertz CT molecular complexity index is 877. The first-order valence-corrected chi connectivity index (χ1v) is 12.0. The van der Waals surface area contributed by atoms with Crippen molar-refractivity contribution in [3.63, 3.8) is 0 Å². The fraction of sp³-hybridized carbons (Fsp3) is 0.652. The van der Waals surface area contributed by atoms with E-state index >= 15 is 0 Å². The Labute approximate surface area is 183 Å². The Morgan fingerprint density at radius 1 is 0.967 bits per heavy atom. The molecule has 3 saturated heterocycles. The number of imidazole rings is 1. The lowest BCUT2D eigenvalue weighted by atomic mass is 9.93. The number of benzene rings is 1. The number of nitrogens with one attached hydrogen (secondary N) is 1. The molecule has 30 heavy (non-hydrogen) atoms. The fourth-order valence-corrected chi connectivity index (χ4v) is 5.62. The number of nitrogens with zero attached hydrogens (tertiary/aromatic N) is 4. The monoisotopic (exact) mass is 429 g/mol. The Kier molecular flexibility index (Phi) is 5.87. The zero-order chi connectivity index (χ0) is 20.5. The molecule has 3 aliphatic rings. The number of likely N-dealkylation sites (tertiary alicyclic amines) is 2. The van der Waals surface area contributed by atoms with Crippen molar-refractivity contribution in [1.82, 2.24) is 19.8 Å². The highest BCUT2D eigenvalue weighted by molar-refractivity contribution is 6.31. The molecule has 0 unspecified atom stereocenters. The summed E-state index contributed by atoms with van der Waals surface area (Å²) in [4.78, 5) is 28.3. The van der Waals surface area contributed by atoms with Crippen molar-refractivity contribution in [1.29, 1.82) is 0 Å². The molecule has 1 aromatic heterocycles. The highest BCUT2D eigenvalue weighted by atomic mass is 35.5. The van der Waals surface area contributed by atoms with Crippen LogP contribution in [-0.2, 0) is 4.79 Å². The molecule has 0 bridgehead atoms. The number of aromatic amines is 1. The summed E-state index contributed by atoms with van der Waals surface area (Å²) in [6.45, 7) is 6.12. The first-order chi connectivity index (χ1) is 14.7. The Morgan fingerprint density at radius 3 is 2.43 bits per heavy atom. The summed E-state index contributed by atoms with van der Waals surface area (Å²) in [6.07, 6.45) is 8.17. The van der Waals surface area contributed by atoms with Gasteiger partial charge >= 0.3 is 0 Å². The van der Waals surface area contributed by atoms with E-state index in [-0.39, 0.29) is 5.92 Å². The first kappa shape index (κ1) is 20.1. The van der Waals surface area contributed by atoms with E-state index in [4.69, 9.17) is 16.6 Å². The van der Waals surface area contributed by atoms with Crippen LogP contribution < -0.4 is 4.90 Å². The van der Waals surface area contributed by atoms with Gasteiger partial charge in [-0.3, -0.25) is 4.79 Å². The average Bonchev–Trinajstić information content (AvgIpc) is 3.23. The largest absolute Gasteiger partial charge is 0.342 e. The smallest absolute Gasteiger partial charge is 0.225 e. The normalized spacial score (nSPS) is 22.7. The molecular formula is C23H32ClN5O. The predicted molar refractivity (Wildman–Crippen MR) is 121 cm³/mol. The number of halogens is 1. The molecule has 1 aromatic carbocycles. The third-order valence-electron chi connectivity index (χ3n) is 7.26. The second-order valence-corrected chi connectivity index (χ2v) is 9.57. The van der Waals surface area contributed by atoms with Crippen LogP contribution in [0.4, 0.5) is 5.95 Å². The number of hydrogen-bond acceptors (Lipinski definition) is 4. The van der Waals surface area contributed by atoms with Crippen LogP contribution in [0.15, 0.2) is 18.2 Å². The first-order valence-electron chi connectivity index (χ1n) is 11.6. The number of fused-ring (bicyclic) bond motifs is 1. The van der Waals surface area contributed by atoms with E-state index in [1.165, 1.54) is 32.4 Å². The van der Waals surface area contributed by atoms with E-state index in [1.807, 2.05) is 18.2 Å². The molecule has 0 aliphatic carbocycles. The molecule has 7 heteroatoms.